The van der Waals surface area contributed by atoms with Crippen molar-refractivity contribution >= 4 is 23.2 Å². The third kappa shape index (κ3) is 3.42. The highest BCUT2D eigenvalue weighted by molar-refractivity contribution is 6.29. The van der Waals surface area contributed by atoms with Crippen molar-refractivity contribution in [3.63, 3.8) is 0 Å². The lowest BCUT2D eigenvalue weighted by atomic mass is 10.0. The molecule has 0 unspecified atom stereocenters. The monoisotopic (exact) mass is 291 g/mol. The van der Waals surface area contributed by atoms with E-state index >= 15 is 0 Å². The minimum atomic E-state index is -0.139. The van der Waals surface area contributed by atoms with Crippen molar-refractivity contribution in [2.75, 3.05) is 10.8 Å². The maximum atomic E-state index is 12.0. The fraction of sp³-hybridized carbons (Fsp3) is 0.312. The van der Waals surface area contributed by atoms with Crippen LogP contribution in [0.1, 0.15) is 31.1 Å². The van der Waals surface area contributed by atoms with E-state index in [4.69, 9.17) is 16.0 Å². The number of halogens is 1. The Kier molecular flexibility index (Phi) is 4.85. The Morgan fingerprint density at radius 2 is 1.95 bits per heavy atom. The van der Waals surface area contributed by atoms with Gasteiger partial charge in [-0.25, -0.2) is 0 Å². The molecule has 2 aromatic rings. The highest BCUT2D eigenvalue weighted by Gasteiger charge is 2.16. The van der Waals surface area contributed by atoms with Crippen LogP contribution in [0.3, 0.4) is 0 Å². The van der Waals surface area contributed by atoms with Gasteiger partial charge in [0.25, 0.3) is 0 Å². The number of nitrogens with zero attached hydrogens (tertiary/aromatic N) is 1. The Morgan fingerprint density at radius 3 is 2.45 bits per heavy atom. The summed E-state index contributed by atoms with van der Waals surface area (Å²) in [6, 6.07) is 11.6. The second kappa shape index (κ2) is 6.62. The molecule has 0 radical (unpaired) electrons. The van der Waals surface area contributed by atoms with Gasteiger partial charge in [0.2, 0.25) is 5.91 Å². The predicted molar refractivity (Wildman–Crippen MR) is 81.1 cm³/mol. The van der Waals surface area contributed by atoms with Crippen LogP contribution in [0, 0.1) is 0 Å². The molecule has 1 amide bonds. The highest BCUT2D eigenvalue weighted by atomic mass is 35.5. The molecule has 1 aromatic heterocycles. The van der Waals surface area contributed by atoms with E-state index in [-0.39, 0.29) is 11.8 Å². The molecule has 1 aromatic carbocycles. The number of benzene rings is 1. The average Bonchev–Trinajstić information content (AvgIpc) is 2.97. The molecule has 0 fully saturated rings. The van der Waals surface area contributed by atoms with E-state index in [9.17, 15) is 4.79 Å². The largest absolute Gasteiger partial charge is 0.467 e. The SMILES string of the molecule is CC(C)c1ccc(N(Cc2ccco2)C(=O)CCl)cc1. The van der Waals surface area contributed by atoms with Gasteiger partial charge in [-0.2, -0.15) is 0 Å². The van der Waals surface area contributed by atoms with Crippen molar-refractivity contribution in [3.05, 3.63) is 54.0 Å². The zero-order valence-electron chi connectivity index (χ0n) is 11.7. The molecule has 0 bridgehead atoms. The number of alkyl halides is 1. The summed E-state index contributed by atoms with van der Waals surface area (Å²) in [5.74, 6) is 1.01. The van der Waals surface area contributed by atoms with Gasteiger partial charge in [0.15, 0.2) is 0 Å². The summed E-state index contributed by atoms with van der Waals surface area (Å²) in [5, 5.41) is 0. The topological polar surface area (TPSA) is 33.5 Å². The van der Waals surface area contributed by atoms with Crippen molar-refractivity contribution in [2.24, 2.45) is 0 Å². The summed E-state index contributed by atoms with van der Waals surface area (Å²) >= 11 is 5.70. The number of carbonyl (C=O) groups is 1. The maximum Gasteiger partial charge on any atom is 0.242 e. The van der Waals surface area contributed by atoms with Gasteiger partial charge in [0.05, 0.1) is 12.8 Å². The van der Waals surface area contributed by atoms with Crippen molar-refractivity contribution in [3.8, 4) is 0 Å². The van der Waals surface area contributed by atoms with Gasteiger partial charge in [-0.1, -0.05) is 26.0 Å². The van der Waals surface area contributed by atoms with E-state index in [0.29, 0.717) is 12.5 Å². The lowest BCUT2D eigenvalue weighted by molar-refractivity contribution is -0.116. The van der Waals surface area contributed by atoms with Crippen LogP contribution in [0.4, 0.5) is 5.69 Å². The number of rotatable bonds is 5. The van der Waals surface area contributed by atoms with Gasteiger partial charge in [-0.3, -0.25) is 4.79 Å². The van der Waals surface area contributed by atoms with Crippen LogP contribution in [0.15, 0.2) is 47.1 Å². The first-order valence-electron chi connectivity index (χ1n) is 6.60. The molecule has 0 aliphatic rings. The Labute approximate surface area is 124 Å². The first-order chi connectivity index (χ1) is 9.61. The minimum Gasteiger partial charge on any atom is -0.467 e. The molecule has 20 heavy (non-hydrogen) atoms. The Balaban J connectivity index is 2.24. The second-order valence-electron chi connectivity index (χ2n) is 4.94. The smallest absolute Gasteiger partial charge is 0.242 e. The number of furan rings is 1. The van der Waals surface area contributed by atoms with Crippen LogP contribution in [-0.4, -0.2) is 11.8 Å². The fourth-order valence-electron chi connectivity index (χ4n) is 1.99. The summed E-state index contributed by atoms with van der Waals surface area (Å²) in [6.45, 7) is 4.67. The lowest BCUT2D eigenvalue weighted by Crippen LogP contribution is -2.31. The molecule has 4 heteroatoms. The van der Waals surface area contributed by atoms with Crippen molar-refractivity contribution < 1.29 is 9.21 Å². The van der Waals surface area contributed by atoms with E-state index < -0.39 is 0 Å². The van der Waals surface area contributed by atoms with Crippen LogP contribution in [-0.2, 0) is 11.3 Å². The number of hydrogen-bond acceptors (Lipinski definition) is 2. The normalized spacial score (nSPS) is 10.8. The molecule has 3 nitrogen and oxygen atoms in total. The summed E-state index contributed by atoms with van der Waals surface area (Å²) in [7, 11) is 0. The molecule has 0 aliphatic heterocycles. The molecule has 0 spiro atoms. The van der Waals surface area contributed by atoms with Crippen LogP contribution in [0.25, 0.3) is 0 Å². The van der Waals surface area contributed by atoms with Crippen molar-refractivity contribution in [2.45, 2.75) is 26.3 Å². The predicted octanol–water partition coefficient (Wildman–Crippen LogP) is 4.18. The third-order valence-electron chi connectivity index (χ3n) is 3.18. The van der Waals surface area contributed by atoms with Gasteiger partial charge in [0.1, 0.15) is 11.6 Å². The maximum absolute atomic E-state index is 12.0. The number of carbonyl (C=O) groups excluding carboxylic acids is 1. The molecule has 0 N–H and O–H groups in total. The molecule has 2 rings (SSSR count). The van der Waals surface area contributed by atoms with E-state index in [0.717, 1.165) is 11.4 Å². The molecule has 0 saturated heterocycles. The summed E-state index contributed by atoms with van der Waals surface area (Å²) in [6.07, 6.45) is 1.60. The Bertz CT molecular complexity index is 546. The standard InChI is InChI=1S/C16H18ClNO2/c1-12(2)13-5-7-14(8-6-13)18(16(19)10-17)11-15-4-3-9-20-15/h3-9,12H,10-11H2,1-2H3. The molecule has 0 aliphatic carbocycles. The number of anilines is 1. The third-order valence-corrected chi connectivity index (χ3v) is 3.41. The molecule has 1 heterocycles. The molecular weight excluding hydrogens is 274 g/mol. The molecule has 0 saturated carbocycles. The van der Waals surface area contributed by atoms with E-state index in [2.05, 4.69) is 13.8 Å². The van der Waals surface area contributed by atoms with E-state index in [1.807, 2.05) is 30.3 Å². The quantitative estimate of drug-likeness (QED) is 0.775. The van der Waals surface area contributed by atoms with Crippen LogP contribution in [0.2, 0.25) is 0 Å². The van der Waals surface area contributed by atoms with Gasteiger partial charge in [-0.05, 0) is 35.7 Å². The second-order valence-corrected chi connectivity index (χ2v) is 5.21. The summed E-state index contributed by atoms with van der Waals surface area (Å²) in [4.78, 5) is 13.6. The minimum absolute atomic E-state index is 0.0490. The zero-order valence-corrected chi connectivity index (χ0v) is 12.4. The average molecular weight is 292 g/mol. The lowest BCUT2D eigenvalue weighted by Gasteiger charge is -2.21. The van der Waals surface area contributed by atoms with Gasteiger partial charge >= 0.3 is 0 Å². The van der Waals surface area contributed by atoms with Crippen LogP contribution in [0.5, 0.6) is 0 Å². The van der Waals surface area contributed by atoms with Gasteiger partial charge < -0.3 is 9.32 Å². The molecule has 106 valence electrons. The van der Waals surface area contributed by atoms with Crippen molar-refractivity contribution in [1.29, 1.82) is 0 Å². The number of amides is 1. The van der Waals surface area contributed by atoms with Crippen molar-refractivity contribution in [1.82, 2.24) is 0 Å². The molecular formula is C16H18ClNO2. The fourth-order valence-corrected chi connectivity index (χ4v) is 2.14. The Morgan fingerprint density at radius 1 is 1.25 bits per heavy atom. The van der Waals surface area contributed by atoms with E-state index in [1.165, 1.54) is 5.56 Å². The first-order valence-corrected chi connectivity index (χ1v) is 7.14. The van der Waals surface area contributed by atoms with E-state index in [1.54, 1.807) is 17.2 Å². The number of hydrogen-bond donors (Lipinski definition) is 0. The zero-order chi connectivity index (χ0) is 14.5. The Hall–Kier alpha value is -1.74. The van der Waals surface area contributed by atoms with Crippen LogP contribution >= 0.6 is 11.6 Å². The first kappa shape index (κ1) is 14.7. The summed E-state index contributed by atoms with van der Waals surface area (Å²) in [5.41, 5.74) is 2.07. The van der Waals surface area contributed by atoms with Gasteiger partial charge in [-0.15, -0.1) is 11.6 Å². The summed E-state index contributed by atoms with van der Waals surface area (Å²) < 4.78 is 5.31. The van der Waals surface area contributed by atoms with Crippen LogP contribution < -0.4 is 4.90 Å². The molecule has 0 atom stereocenters. The highest BCUT2D eigenvalue weighted by Crippen LogP contribution is 2.22. The van der Waals surface area contributed by atoms with Gasteiger partial charge in [0, 0.05) is 5.69 Å².